The molecule has 2 rings (SSSR count). The Morgan fingerprint density at radius 1 is 1.25 bits per heavy atom. The fourth-order valence-corrected chi connectivity index (χ4v) is 2.11. The van der Waals surface area contributed by atoms with Crippen LogP contribution >= 0.6 is 0 Å². The van der Waals surface area contributed by atoms with Gasteiger partial charge >= 0.3 is 6.03 Å². The molecule has 1 aromatic heterocycles. The highest BCUT2D eigenvalue weighted by molar-refractivity contribution is 5.98. The van der Waals surface area contributed by atoms with Crippen molar-refractivity contribution < 1.29 is 14.0 Å². The number of hydrogen-bond acceptors (Lipinski definition) is 3. The number of nitrogens with one attached hydrogen (secondary N) is 2. The molecule has 0 bridgehead atoms. The molecule has 0 atom stereocenters. The van der Waals surface area contributed by atoms with Crippen LogP contribution in [0, 0.1) is 6.92 Å². The summed E-state index contributed by atoms with van der Waals surface area (Å²) in [5.74, 6) is 0.602. The number of hydrogen-bond donors (Lipinski definition) is 2. The monoisotopic (exact) mass is 329 g/mol. The minimum absolute atomic E-state index is 0.0675. The van der Waals surface area contributed by atoms with Gasteiger partial charge in [-0.15, -0.1) is 0 Å². The highest BCUT2D eigenvalue weighted by Gasteiger charge is 2.17. The third-order valence-corrected chi connectivity index (χ3v) is 3.82. The van der Waals surface area contributed by atoms with Crippen LogP contribution in [-0.4, -0.2) is 29.9 Å². The van der Waals surface area contributed by atoms with Gasteiger partial charge in [-0.1, -0.05) is 6.07 Å². The van der Waals surface area contributed by atoms with Crippen LogP contribution < -0.4 is 10.6 Å². The van der Waals surface area contributed by atoms with E-state index in [2.05, 4.69) is 10.6 Å². The molecule has 3 amide bonds. The fourth-order valence-electron chi connectivity index (χ4n) is 2.11. The summed E-state index contributed by atoms with van der Waals surface area (Å²) in [6.45, 7) is 6.09. The highest BCUT2D eigenvalue weighted by Crippen LogP contribution is 2.18. The molecular weight excluding hydrogens is 306 g/mol. The van der Waals surface area contributed by atoms with Crippen molar-refractivity contribution in [3.8, 4) is 0 Å². The van der Waals surface area contributed by atoms with E-state index in [9.17, 15) is 9.59 Å². The predicted octanol–water partition coefficient (Wildman–Crippen LogP) is 3.39. The lowest BCUT2D eigenvalue weighted by molar-refractivity contribution is 0.0754. The van der Waals surface area contributed by atoms with Crippen LogP contribution in [0.25, 0.3) is 0 Å². The number of carbonyl (C=O) groups is 2. The number of furan rings is 1. The smallest absolute Gasteiger partial charge is 0.319 e. The van der Waals surface area contributed by atoms with E-state index in [0.29, 0.717) is 23.6 Å². The van der Waals surface area contributed by atoms with Crippen molar-refractivity contribution in [2.75, 3.05) is 12.4 Å². The molecule has 2 aromatic rings. The lowest BCUT2D eigenvalue weighted by Crippen LogP contribution is -2.33. The molecule has 1 heterocycles. The minimum atomic E-state index is -0.356. The summed E-state index contributed by atoms with van der Waals surface area (Å²) in [5, 5.41) is 5.43. The average molecular weight is 329 g/mol. The van der Waals surface area contributed by atoms with Gasteiger partial charge in [0.1, 0.15) is 5.76 Å². The van der Waals surface area contributed by atoms with E-state index in [4.69, 9.17) is 4.42 Å². The van der Waals surface area contributed by atoms with Gasteiger partial charge in [-0.05, 0) is 50.6 Å². The quantitative estimate of drug-likeness (QED) is 0.883. The Balaban J connectivity index is 2.04. The minimum Gasteiger partial charge on any atom is -0.467 e. The van der Waals surface area contributed by atoms with E-state index in [0.717, 1.165) is 5.56 Å². The highest BCUT2D eigenvalue weighted by atomic mass is 16.3. The molecule has 6 nitrogen and oxygen atoms in total. The van der Waals surface area contributed by atoms with Crippen molar-refractivity contribution in [1.82, 2.24) is 10.2 Å². The fraction of sp³-hybridized carbons (Fsp3) is 0.333. The zero-order chi connectivity index (χ0) is 17.7. The molecule has 2 N–H and O–H groups in total. The lowest BCUT2D eigenvalue weighted by atomic mass is 10.1. The van der Waals surface area contributed by atoms with Crippen LogP contribution in [0.4, 0.5) is 10.5 Å². The first-order valence-electron chi connectivity index (χ1n) is 7.83. The zero-order valence-corrected chi connectivity index (χ0v) is 14.4. The van der Waals surface area contributed by atoms with Gasteiger partial charge in [-0.25, -0.2) is 4.79 Å². The van der Waals surface area contributed by atoms with E-state index in [1.165, 1.54) is 0 Å². The van der Waals surface area contributed by atoms with Gasteiger partial charge in [0, 0.05) is 24.3 Å². The summed E-state index contributed by atoms with van der Waals surface area (Å²) in [7, 11) is 1.77. The summed E-state index contributed by atoms with van der Waals surface area (Å²) in [6, 6.07) is 8.58. The molecule has 0 radical (unpaired) electrons. The van der Waals surface area contributed by atoms with Gasteiger partial charge < -0.3 is 20.0 Å². The Bertz CT molecular complexity index is 708. The maximum absolute atomic E-state index is 12.5. The molecule has 0 unspecified atom stereocenters. The van der Waals surface area contributed by atoms with Crippen LogP contribution in [-0.2, 0) is 6.54 Å². The number of anilines is 1. The van der Waals surface area contributed by atoms with E-state index in [1.807, 2.05) is 26.8 Å². The SMILES string of the molecule is Cc1ccc(NC(=O)NCc2ccco2)cc1C(=O)N(C)C(C)C. The van der Waals surface area contributed by atoms with Gasteiger partial charge in [-0.3, -0.25) is 4.79 Å². The topological polar surface area (TPSA) is 74.6 Å². The first-order chi connectivity index (χ1) is 11.4. The third kappa shape index (κ3) is 4.38. The number of aryl methyl sites for hydroxylation is 1. The summed E-state index contributed by atoms with van der Waals surface area (Å²) >= 11 is 0. The van der Waals surface area contributed by atoms with E-state index < -0.39 is 0 Å². The van der Waals surface area contributed by atoms with Crippen molar-refractivity contribution in [2.24, 2.45) is 0 Å². The normalized spacial score (nSPS) is 10.5. The predicted molar refractivity (Wildman–Crippen MR) is 93.0 cm³/mol. The Morgan fingerprint density at radius 2 is 2.00 bits per heavy atom. The van der Waals surface area contributed by atoms with Crippen molar-refractivity contribution in [3.63, 3.8) is 0 Å². The molecule has 24 heavy (non-hydrogen) atoms. The molecule has 0 aliphatic carbocycles. The van der Waals surface area contributed by atoms with Crippen molar-refractivity contribution in [1.29, 1.82) is 0 Å². The molecule has 0 aliphatic rings. The van der Waals surface area contributed by atoms with Crippen molar-refractivity contribution in [2.45, 2.75) is 33.4 Å². The van der Waals surface area contributed by atoms with Crippen LogP contribution in [0.2, 0.25) is 0 Å². The molecule has 128 valence electrons. The summed E-state index contributed by atoms with van der Waals surface area (Å²) in [4.78, 5) is 26.1. The molecule has 0 spiro atoms. The average Bonchev–Trinajstić information content (AvgIpc) is 3.06. The van der Waals surface area contributed by atoms with E-state index >= 15 is 0 Å². The Morgan fingerprint density at radius 3 is 2.62 bits per heavy atom. The number of benzene rings is 1. The standard InChI is InChI=1S/C18H23N3O3/c1-12(2)21(4)17(22)16-10-14(8-7-13(16)3)20-18(23)19-11-15-6-5-9-24-15/h5-10,12H,11H2,1-4H3,(H2,19,20,23). The summed E-state index contributed by atoms with van der Waals surface area (Å²) in [5.41, 5.74) is 2.02. The van der Waals surface area contributed by atoms with E-state index in [-0.39, 0.29) is 18.0 Å². The van der Waals surface area contributed by atoms with Crippen LogP contribution in [0.1, 0.15) is 35.5 Å². The number of amides is 3. The third-order valence-electron chi connectivity index (χ3n) is 3.82. The molecule has 6 heteroatoms. The molecular formula is C18H23N3O3. The largest absolute Gasteiger partial charge is 0.467 e. The second kappa shape index (κ2) is 7.68. The van der Waals surface area contributed by atoms with Crippen molar-refractivity contribution >= 4 is 17.6 Å². The number of rotatable bonds is 5. The van der Waals surface area contributed by atoms with Crippen LogP contribution in [0.5, 0.6) is 0 Å². The molecule has 0 aliphatic heterocycles. The summed E-state index contributed by atoms with van der Waals surface area (Å²) in [6.07, 6.45) is 1.55. The second-order valence-corrected chi connectivity index (χ2v) is 5.93. The van der Waals surface area contributed by atoms with Gasteiger partial charge in [0.15, 0.2) is 0 Å². The molecule has 0 saturated carbocycles. The van der Waals surface area contributed by atoms with Gasteiger partial charge in [-0.2, -0.15) is 0 Å². The van der Waals surface area contributed by atoms with Gasteiger partial charge in [0.25, 0.3) is 5.91 Å². The number of carbonyl (C=O) groups excluding carboxylic acids is 2. The van der Waals surface area contributed by atoms with Crippen molar-refractivity contribution in [3.05, 3.63) is 53.5 Å². The number of urea groups is 1. The van der Waals surface area contributed by atoms with E-state index in [1.54, 1.807) is 42.5 Å². The number of nitrogens with zero attached hydrogens (tertiary/aromatic N) is 1. The Kier molecular flexibility index (Phi) is 5.63. The zero-order valence-electron chi connectivity index (χ0n) is 14.4. The Labute approximate surface area is 141 Å². The Hall–Kier alpha value is -2.76. The van der Waals surface area contributed by atoms with Gasteiger partial charge in [0.2, 0.25) is 0 Å². The van der Waals surface area contributed by atoms with Crippen LogP contribution in [0.15, 0.2) is 41.0 Å². The maximum atomic E-state index is 12.5. The maximum Gasteiger partial charge on any atom is 0.319 e. The first-order valence-corrected chi connectivity index (χ1v) is 7.83. The van der Waals surface area contributed by atoms with Crippen LogP contribution in [0.3, 0.4) is 0 Å². The molecule has 1 aromatic carbocycles. The molecule has 0 fully saturated rings. The summed E-state index contributed by atoms with van der Waals surface area (Å²) < 4.78 is 5.16. The van der Waals surface area contributed by atoms with Gasteiger partial charge in [0.05, 0.1) is 12.8 Å². The first kappa shape index (κ1) is 17.6. The second-order valence-electron chi connectivity index (χ2n) is 5.93. The lowest BCUT2D eigenvalue weighted by Gasteiger charge is -2.22. The molecule has 0 saturated heterocycles.